The molecule has 0 unspecified atom stereocenters. The van der Waals surface area contributed by atoms with Crippen molar-refractivity contribution in [2.75, 3.05) is 0 Å². The van der Waals surface area contributed by atoms with E-state index in [1.54, 1.807) is 6.20 Å². The standard InChI is InChI=1S/C43H29N3/c1-3-10-33(11-4-1)41-28-42(46-43(45-41)35-12-5-2-6-13-35)34-23-21-32(22-24-34)38-26-25-37(39-15-7-8-16-40(38)39)31-19-17-30(18-20-31)36-14-9-27-44-29-36/h1-29H. The van der Waals surface area contributed by atoms with Gasteiger partial charge in [0.15, 0.2) is 5.82 Å². The molecule has 0 saturated heterocycles. The fourth-order valence-electron chi connectivity index (χ4n) is 6.07. The minimum atomic E-state index is 0.719. The van der Waals surface area contributed by atoms with Gasteiger partial charge in [0.25, 0.3) is 0 Å². The van der Waals surface area contributed by atoms with Crippen LogP contribution < -0.4 is 0 Å². The zero-order valence-corrected chi connectivity index (χ0v) is 25.1. The Morgan fingerprint density at radius 1 is 0.326 bits per heavy atom. The van der Waals surface area contributed by atoms with Gasteiger partial charge in [0.1, 0.15) is 0 Å². The third kappa shape index (κ3) is 5.36. The van der Waals surface area contributed by atoms with E-state index in [0.29, 0.717) is 0 Å². The van der Waals surface area contributed by atoms with Gasteiger partial charge in [-0.05, 0) is 56.3 Å². The molecule has 0 aliphatic carbocycles. The van der Waals surface area contributed by atoms with Crippen molar-refractivity contribution < 1.29 is 0 Å². The Balaban J connectivity index is 1.16. The number of rotatable bonds is 6. The molecule has 0 fully saturated rings. The van der Waals surface area contributed by atoms with Crippen LogP contribution in [0.5, 0.6) is 0 Å². The van der Waals surface area contributed by atoms with Gasteiger partial charge in [-0.25, -0.2) is 9.97 Å². The van der Waals surface area contributed by atoms with Crippen molar-refractivity contribution in [2.45, 2.75) is 0 Å². The highest BCUT2D eigenvalue weighted by molar-refractivity contribution is 6.05. The second-order valence-electron chi connectivity index (χ2n) is 11.3. The Morgan fingerprint density at radius 3 is 1.33 bits per heavy atom. The minimum Gasteiger partial charge on any atom is -0.264 e. The van der Waals surface area contributed by atoms with E-state index < -0.39 is 0 Å². The van der Waals surface area contributed by atoms with E-state index >= 15 is 0 Å². The van der Waals surface area contributed by atoms with E-state index in [4.69, 9.17) is 9.97 Å². The number of benzene rings is 6. The van der Waals surface area contributed by atoms with Crippen LogP contribution in [0.4, 0.5) is 0 Å². The van der Waals surface area contributed by atoms with E-state index in [2.05, 4.69) is 126 Å². The quantitative estimate of drug-likeness (QED) is 0.194. The average molecular weight is 588 g/mol. The van der Waals surface area contributed by atoms with Crippen LogP contribution in [-0.2, 0) is 0 Å². The second kappa shape index (κ2) is 12.1. The molecule has 6 aromatic carbocycles. The molecule has 0 amide bonds. The molecular formula is C43H29N3. The van der Waals surface area contributed by atoms with Crippen LogP contribution in [0, 0.1) is 0 Å². The molecule has 0 aliphatic heterocycles. The number of hydrogen-bond donors (Lipinski definition) is 0. The SMILES string of the molecule is c1ccc(-c2cc(-c3ccc(-c4ccc(-c5ccc(-c6cccnc6)cc5)c5ccccc45)cc3)nc(-c3ccccc3)n2)cc1. The lowest BCUT2D eigenvalue weighted by molar-refractivity contribution is 1.18. The summed E-state index contributed by atoms with van der Waals surface area (Å²) < 4.78 is 0. The van der Waals surface area contributed by atoms with Crippen LogP contribution >= 0.6 is 0 Å². The molecular weight excluding hydrogens is 558 g/mol. The monoisotopic (exact) mass is 587 g/mol. The first kappa shape index (κ1) is 27.4. The highest BCUT2D eigenvalue weighted by atomic mass is 14.9. The number of nitrogens with zero attached hydrogens (tertiary/aromatic N) is 3. The summed E-state index contributed by atoms with van der Waals surface area (Å²) in [6.07, 6.45) is 3.71. The van der Waals surface area contributed by atoms with Crippen LogP contribution in [0.15, 0.2) is 176 Å². The first-order valence-electron chi connectivity index (χ1n) is 15.4. The molecule has 0 atom stereocenters. The summed E-state index contributed by atoms with van der Waals surface area (Å²) in [5, 5.41) is 2.46. The maximum Gasteiger partial charge on any atom is 0.160 e. The summed E-state index contributed by atoms with van der Waals surface area (Å²) in [5.74, 6) is 0.719. The zero-order chi connectivity index (χ0) is 30.7. The smallest absolute Gasteiger partial charge is 0.160 e. The van der Waals surface area contributed by atoms with Crippen molar-refractivity contribution in [3.05, 3.63) is 176 Å². The van der Waals surface area contributed by atoms with E-state index in [-0.39, 0.29) is 0 Å². The third-order valence-electron chi connectivity index (χ3n) is 8.43. The van der Waals surface area contributed by atoms with Crippen molar-refractivity contribution >= 4 is 10.8 Å². The summed E-state index contributed by atoms with van der Waals surface area (Å²) in [7, 11) is 0. The zero-order valence-electron chi connectivity index (χ0n) is 25.1. The van der Waals surface area contributed by atoms with Crippen molar-refractivity contribution in [2.24, 2.45) is 0 Å². The molecule has 0 N–H and O–H groups in total. The van der Waals surface area contributed by atoms with Crippen molar-refractivity contribution in [3.8, 4) is 67.3 Å². The minimum absolute atomic E-state index is 0.719. The lowest BCUT2D eigenvalue weighted by Crippen LogP contribution is -1.95. The van der Waals surface area contributed by atoms with Crippen LogP contribution in [-0.4, -0.2) is 15.0 Å². The maximum absolute atomic E-state index is 5.01. The molecule has 0 saturated carbocycles. The topological polar surface area (TPSA) is 38.7 Å². The van der Waals surface area contributed by atoms with Crippen molar-refractivity contribution in [1.82, 2.24) is 15.0 Å². The van der Waals surface area contributed by atoms with Gasteiger partial charge in [0.2, 0.25) is 0 Å². The summed E-state index contributed by atoms with van der Waals surface area (Å²) in [6, 6.07) is 57.3. The second-order valence-corrected chi connectivity index (χ2v) is 11.3. The number of pyridine rings is 1. The Kier molecular flexibility index (Phi) is 7.18. The largest absolute Gasteiger partial charge is 0.264 e. The Morgan fingerprint density at radius 2 is 0.783 bits per heavy atom. The van der Waals surface area contributed by atoms with E-state index in [9.17, 15) is 0 Å². The molecule has 0 spiro atoms. The van der Waals surface area contributed by atoms with Gasteiger partial charge in [-0.15, -0.1) is 0 Å². The van der Waals surface area contributed by atoms with Gasteiger partial charge >= 0.3 is 0 Å². The number of hydrogen-bond acceptors (Lipinski definition) is 3. The Labute approximate surface area is 268 Å². The highest BCUT2D eigenvalue weighted by Crippen LogP contribution is 2.37. The molecule has 0 radical (unpaired) electrons. The molecule has 0 bridgehead atoms. The summed E-state index contributed by atoms with van der Waals surface area (Å²) in [5.41, 5.74) is 12.0. The lowest BCUT2D eigenvalue weighted by atomic mass is 9.91. The predicted molar refractivity (Wildman–Crippen MR) is 190 cm³/mol. The molecule has 216 valence electrons. The van der Waals surface area contributed by atoms with Gasteiger partial charge in [-0.3, -0.25) is 4.98 Å². The molecule has 8 aromatic rings. The first-order chi connectivity index (χ1) is 22.8. The Hall–Kier alpha value is -6.19. The van der Waals surface area contributed by atoms with E-state index in [1.807, 2.05) is 48.7 Å². The molecule has 46 heavy (non-hydrogen) atoms. The fourth-order valence-corrected chi connectivity index (χ4v) is 6.07. The summed E-state index contributed by atoms with van der Waals surface area (Å²) in [4.78, 5) is 14.2. The van der Waals surface area contributed by atoms with E-state index in [1.165, 1.54) is 33.0 Å². The van der Waals surface area contributed by atoms with Crippen LogP contribution in [0.3, 0.4) is 0 Å². The first-order valence-corrected chi connectivity index (χ1v) is 15.4. The predicted octanol–water partition coefficient (Wildman–Crippen LogP) is 11.0. The van der Waals surface area contributed by atoms with Gasteiger partial charge in [0, 0.05) is 29.1 Å². The van der Waals surface area contributed by atoms with Crippen LogP contribution in [0.1, 0.15) is 0 Å². The van der Waals surface area contributed by atoms with E-state index in [0.717, 1.165) is 45.0 Å². The number of aromatic nitrogens is 3. The molecule has 0 aliphatic rings. The van der Waals surface area contributed by atoms with Gasteiger partial charge < -0.3 is 0 Å². The van der Waals surface area contributed by atoms with Crippen LogP contribution in [0.25, 0.3) is 78.1 Å². The lowest BCUT2D eigenvalue weighted by Gasteiger charge is -2.13. The molecule has 3 heteroatoms. The maximum atomic E-state index is 5.01. The molecule has 8 rings (SSSR count). The number of fused-ring (bicyclic) bond motifs is 1. The van der Waals surface area contributed by atoms with Crippen molar-refractivity contribution in [1.29, 1.82) is 0 Å². The third-order valence-corrected chi connectivity index (χ3v) is 8.43. The molecule has 2 aromatic heterocycles. The molecule has 2 heterocycles. The highest BCUT2D eigenvalue weighted by Gasteiger charge is 2.13. The van der Waals surface area contributed by atoms with Gasteiger partial charge in [-0.1, -0.05) is 152 Å². The van der Waals surface area contributed by atoms with Gasteiger partial charge in [0.05, 0.1) is 11.4 Å². The normalized spacial score (nSPS) is 11.0. The van der Waals surface area contributed by atoms with Gasteiger partial charge in [-0.2, -0.15) is 0 Å². The van der Waals surface area contributed by atoms with Crippen LogP contribution in [0.2, 0.25) is 0 Å². The molecule has 3 nitrogen and oxygen atoms in total. The summed E-state index contributed by atoms with van der Waals surface area (Å²) in [6.45, 7) is 0. The van der Waals surface area contributed by atoms with Crippen molar-refractivity contribution in [3.63, 3.8) is 0 Å². The Bertz CT molecular complexity index is 2200. The average Bonchev–Trinajstić information content (AvgIpc) is 3.15. The fraction of sp³-hybridized carbons (Fsp3) is 0. The summed E-state index contributed by atoms with van der Waals surface area (Å²) >= 11 is 0.